The highest BCUT2D eigenvalue weighted by Crippen LogP contribution is 2.22. The Morgan fingerprint density at radius 3 is 2.59 bits per heavy atom. The van der Waals surface area contributed by atoms with E-state index in [2.05, 4.69) is 20.6 Å². The molecule has 0 aliphatic heterocycles. The summed E-state index contributed by atoms with van der Waals surface area (Å²) in [6.45, 7) is 3.83. The minimum absolute atomic E-state index is 0.169. The smallest absolute Gasteiger partial charge is 0.340 e. The first-order chi connectivity index (χ1) is 14.0. The van der Waals surface area contributed by atoms with Gasteiger partial charge in [0.2, 0.25) is 5.95 Å². The lowest BCUT2D eigenvalue weighted by atomic mass is 10.2. The van der Waals surface area contributed by atoms with Crippen molar-refractivity contribution in [2.24, 2.45) is 0 Å². The van der Waals surface area contributed by atoms with Gasteiger partial charge in [-0.3, -0.25) is 0 Å². The summed E-state index contributed by atoms with van der Waals surface area (Å²) in [5, 5.41) is 15.3. The molecule has 0 saturated heterocycles. The van der Waals surface area contributed by atoms with E-state index < -0.39 is 11.9 Å². The average molecular weight is 392 g/mol. The number of carbonyl (C=O) groups is 2. The van der Waals surface area contributed by atoms with Gasteiger partial charge in [-0.2, -0.15) is 4.98 Å². The number of nitrogens with zero attached hydrogens (tertiary/aromatic N) is 2. The van der Waals surface area contributed by atoms with Crippen LogP contribution in [0.3, 0.4) is 0 Å². The molecule has 2 aromatic carbocycles. The molecule has 0 saturated carbocycles. The first-order valence-corrected chi connectivity index (χ1v) is 8.95. The van der Waals surface area contributed by atoms with E-state index in [0.29, 0.717) is 34.4 Å². The van der Waals surface area contributed by atoms with Gasteiger partial charge in [-0.05, 0) is 44.2 Å². The standard InChI is InChI=1S/C21H20N4O4/c1-3-29-20(28)16-9-4-5-10-17(16)24-21-22-13(2)11-18(25-21)23-15-8-6-7-14(12-15)19(26)27/h4-12H,3H2,1-2H3,(H,26,27)(H2,22,23,24,25). The van der Waals surface area contributed by atoms with Crippen molar-refractivity contribution in [2.75, 3.05) is 17.2 Å². The summed E-state index contributed by atoms with van der Waals surface area (Å²) in [5.41, 5.74) is 2.34. The molecular formula is C21H20N4O4. The lowest BCUT2D eigenvalue weighted by molar-refractivity contribution is 0.0527. The highest BCUT2D eigenvalue weighted by atomic mass is 16.5. The van der Waals surface area contributed by atoms with Gasteiger partial charge in [-0.15, -0.1) is 0 Å². The molecule has 3 aromatic rings. The maximum atomic E-state index is 12.2. The van der Waals surface area contributed by atoms with Crippen molar-refractivity contribution in [2.45, 2.75) is 13.8 Å². The minimum atomic E-state index is -1.01. The average Bonchev–Trinajstić information content (AvgIpc) is 2.68. The van der Waals surface area contributed by atoms with E-state index in [-0.39, 0.29) is 12.2 Å². The molecule has 0 aliphatic rings. The third kappa shape index (κ3) is 5.07. The second kappa shape index (κ2) is 8.83. The molecule has 0 atom stereocenters. The number of carboxylic acids is 1. The van der Waals surface area contributed by atoms with Gasteiger partial charge in [-0.25, -0.2) is 14.6 Å². The van der Waals surface area contributed by atoms with E-state index in [1.165, 1.54) is 12.1 Å². The van der Waals surface area contributed by atoms with E-state index in [9.17, 15) is 9.59 Å². The van der Waals surface area contributed by atoms with Gasteiger partial charge >= 0.3 is 11.9 Å². The SMILES string of the molecule is CCOC(=O)c1ccccc1Nc1nc(C)cc(Nc2cccc(C(=O)O)c2)n1. The zero-order valence-electron chi connectivity index (χ0n) is 16.0. The van der Waals surface area contributed by atoms with Gasteiger partial charge < -0.3 is 20.5 Å². The van der Waals surface area contributed by atoms with E-state index >= 15 is 0 Å². The van der Waals surface area contributed by atoms with E-state index in [1.807, 2.05) is 6.92 Å². The number of esters is 1. The van der Waals surface area contributed by atoms with Crippen LogP contribution in [0.1, 0.15) is 33.3 Å². The number of nitrogens with one attached hydrogen (secondary N) is 2. The Labute approximate surface area is 167 Å². The van der Waals surface area contributed by atoms with Gasteiger partial charge in [0.25, 0.3) is 0 Å². The number of aryl methyl sites for hydroxylation is 1. The van der Waals surface area contributed by atoms with Gasteiger partial charge in [0, 0.05) is 17.4 Å². The number of aromatic carboxylic acids is 1. The minimum Gasteiger partial charge on any atom is -0.478 e. The number of benzene rings is 2. The van der Waals surface area contributed by atoms with Crippen LogP contribution in [0.15, 0.2) is 54.6 Å². The maximum absolute atomic E-state index is 12.2. The Hall–Kier alpha value is -3.94. The normalized spacial score (nSPS) is 10.3. The molecule has 0 aliphatic carbocycles. The number of rotatable bonds is 7. The van der Waals surface area contributed by atoms with Crippen LogP contribution in [-0.4, -0.2) is 33.6 Å². The van der Waals surface area contributed by atoms with Crippen molar-refractivity contribution in [3.05, 3.63) is 71.4 Å². The van der Waals surface area contributed by atoms with Crippen molar-refractivity contribution >= 4 is 35.1 Å². The number of carboxylic acid groups (broad SMARTS) is 1. The number of para-hydroxylation sites is 1. The Morgan fingerprint density at radius 2 is 1.83 bits per heavy atom. The second-order valence-electron chi connectivity index (χ2n) is 6.12. The molecule has 0 spiro atoms. The first-order valence-electron chi connectivity index (χ1n) is 8.95. The highest BCUT2D eigenvalue weighted by molar-refractivity contribution is 5.96. The lowest BCUT2D eigenvalue weighted by Crippen LogP contribution is -2.09. The molecule has 0 radical (unpaired) electrons. The summed E-state index contributed by atoms with van der Waals surface area (Å²) in [6.07, 6.45) is 0. The van der Waals surface area contributed by atoms with Crippen LogP contribution in [0.4, 0.5) is 23.1 Å². The van der Waals surface area contributed by atoms with Crippen molar-refractivity contribution in [3.8, 4) is 0 Å². The lowest BCUT2D eigenvalue weighted by Gasteiger charge is -2.12. The van der Waals surface area contributed by atoms with Crippen LogP contribution >= 0.6 is 0 Å². The Bertz CT molecular complexity index is 1050. The number of hydrogen-bond donors (Lipinski definition) is 3. The summed E-state index contributed by atoms with van der Waals surface area (Å²) in [6, 6.07) is 15.1. The summed E-state index contributed by atoms with van der Waals surface area (Å²) in [4.78, 5) is 32.1. The van der Waals surface area contributed by atoms with Gasteiger partial charge in [0.1, 0.15) is 5.82 Å². The molecule has 0 fully saturated rings. The topological polar surface area (TPSA) is 113 Å². The van der Waals surface area contributed by atoms with E-state index in [0.717, 1.165) is 0 Å². The number of anilines is 4. The fraction of sp³-hybridized carbons (Fsp3) is 0.143. The molecule has 0 bridgehead atoms. The molecule has 1 heterocycles. The summed E-state index contributed by atoms with van der Waals surface area (Å²) in [5.74, 6) is -0.674. The molecule has 0 unspecified atom stereocenters. The molecule has 148 valence electrons. The molecule has 3 rings (SSSR count). The number of hydrogen-bond acceptors (Lipinski definition) is 7. The summed E-state index contributed by atoms with van der Waals surface area (Å²) in [7, 11) is 0. The van der Waals surface area contributed by atoms with E-state index in [4.69, 9.17) is 9.84 Å². The highest BCUT2D eigenvalue weighted by Gasteiger charge is 2.13. The van der Waals surface area contributed by atoms with Crippen LogP contribution < -0.4 is 10.6 Å². The Morgan fingerprint density at radius 1 is 1.03 bits per heavy atom. The maximum Gasteiger partial charge on any atom is 0.340 e. The molecule has 8 nitrogen and oxygen atoms in total. The zero-order chi connectivity index (χ0) is 20.8. The summed E-state index contributed by atoms with van der Waals surface area (Å²) < 4.78 is 5.08. The molecule has 8 heteroatoms. The fourth-order valence-corrected chi connectivity index (χ4v) is 2.67. The predicted octanol–water partition coefficient (Wildman–Crippen LogP) is 4.15. The van der Waals surface area contributed by atoms with Gasteiger partial charge in [0.05, 0.1) is 23.4 Å². The quantitative estimate of drug-likeness (QED) is 0.514. The summed E-state index contributed by atoms with van der Waals surface area (Å²) >= 11 is 0. The first kappa shape index (κ1) is 19.8. The number of ether oxygens (including phenoxy) is 1. The van der Waals surface area contributed by atoms with Crippen LogP contribution in [0, 0.1) is 6.92 Å². The number of carbonyl (C=O) groups excluding carboxylic acids is 1. The molecule has 0 amide bonds. The second-order valence-corrected chi connectivity index (χ2v) is 6.12. The molecule has 1 aromatic heterocycles. The van der Waals surface area contributed by atoms with Crippen molar-refractivity contribution in [1.82, 2.24) is 9.97 Å². The van der Waals surface area contributed by atoms with Crippen LogP contribution in [0.25, 0.3) is 0 Å². The fourth-order valence-electron chi connectivity index (χ4n) is 2.67. The Balaban J connectivity index is 1.86. The number of aromatic nitrogens is 2. The zero-order valence-corrected chi connectivity index (χ0v) is 16.0. The third-order valence-corrected chi connectivity index (χ3v) is 3.91. The third-order valence-electron chi connectivity index (χ3n) is 3.91. The van der Waals surface area contributed by atoms with Gasteiger partial charge in [0.15, 0.2) is 0 Å². The van der Waals surface area contributed by atoms with Crippen molar-refractivity contribution in [3.63, 3.8) is 0 Å². The van der Waals surface area contributed by atoms with Gasteiger partial charge in [-0.1, -0.05) is 18.2 Å². The van der Waals surface area contributed by atoms with Crippen molar-refractivity contribution < 1.29 is 19.4 Å². The van der Waals surface area contributed by atoms with Crippen LogP contribution in [0.5, 0.6) is 0 Å². The van der Waals surface area contributed by atoms with Crippen LogP contribution in [-0.2, 0) is 4.74 Å². The monoisotopic (exact) mass is 392 g/mol. The largest absolute Gasteiger partial charge is 0.478 e. The molecular weight excluding hydrogens is 372 g/mol. The van der Waals surface area contributed by atoms with E-state index in [1.54, 1.807) is 49.4 Å². The predicted molar refractivity (Wildman–Crippen MR) is 109 cm³/mol. The molecule has 29 heavy (non-hydrogen) atoms. The van der Waals surface area contributed by atoms with Crippen LogP contribution in [0.2, 0.25) is 0 Å². The van der Waals surface area contributed by atoms with Crippen molar-refractivity contribution in [1.29, 1.82) is 0 Å². The molecule has 3 N–H and O–H groups in total. The Kier molecular flexibility index (Phi) is 6.03.